The smallest absolute Gasteiger partial charge is 0.165 e. The number of furan rings is 3. The summed E-state index contributed by atoms with van der Waals surface area (Å²) in [5.41, 5.74) is 11.8. The maximum atomic E-state index is 6.67. The third-order valence-electron chi connectivity index (χ3n) is 10.9. The van der Waals surface area contributed by atoms with Gasteiger partial charge in [-0.05, 0) is 77.4 Å². The third-order valence-corrected chi connectivity index (χ3v) is 10.9. The van der Waals surface area contributed by atoms with Gasteiger partial charge in [0, 0.05) is 67.0 Å². The monoisotopic (exact) mass is 732 g/mol. The molecule has 0 saturated carbocycles. The lowest BCUT2D eigenvalue weighted by Gasteiger charge is -2.11. The average Bonchev–Trinajstić information content (AvgIpc) is 3.97. The second-order valence-electron chi connectivity index (χ2n) is 14.2. The molecule has 0 aliphatic rings. The van der Waals surface area contributed by atoms with Crippen LogP contribution in [0.5, 0.6) is 0 Å². The highest BCUT2D eigenvalue weighted by molar-refractivity contribution is 6.17. The van der Waals surface area contributed by atoms with Gasteiger partial charge in [0.1, 0.15) is 33.5 Å². The van der Waals surface area contributed by atoms with Crippen molar-refractivity contribution in [3.05, 3.63) is 170 Å². The molecule has 0 aliphatic heterocycles. The summed E-state index contributed by atoms with van der Waals surface area (Å²) < 4.78 is 19.0. The van der Waals surface area contributed by atoms with Gasteiger partial charge in [-0.25, -0.2) is 15.0 Å². The normalized spacial score (nSPS) is 11.9. The summed E-state index contributed by atoms with van der Waals surface area (Å²) in [5.74, 6) is 1.65. The van der Waals surface area contributed by atoms with E-state index in [1.54, 1.807) is 12.4 Å². The third kappa shape index (κ3) is 5.06. The van der Waals surface area contributed by atoms with Gasteiger partial charge in [0.05, 0.1) is 0 Å². The molecule has 5 aromatic heterocycles. The molecule has 57 heavy (non-hydrogen) atoms. The molecule has 0 atom stereocenters. The van der Waals surface area contributed by atoms with Crippen molar-refractivity contribution in [3.63, 3.8) is 0 Å². The van der Waals surface area contributed by atoms with Crippen LogP contribution in [0.4, 0.5) is 0 Å². The Hall–Kier alpha value is -7.90. The molecular formula is C50H28N4O3. The van der Waals surface area contributed by atoms with Crippen molar-refractivity contribution in [3.8, 4) is 56.4 Å². The van der Waals surface area contributed by atoms with Crippen LogP contribution in [0.25, 0.3) is 122 Å². The van der Waals surface area contributed by atoms with Gasteiger partial charge in [0.15, 0.2) is 17.5 Å². The first-order valence-electron chi connectivity index (χ1n) is 18.8. The van der Waals surface area contributed by atoms with Crippen molar-refractivity contribution >= 4 is 65.8 Å². The predicted octanol–water partition coefficient (Wildman–Crippen LogP) is 13.3. The van der Waals surface area contributed by atoms with Gasteiger partial charge in [-0.15, -0.1) is 0 Å². The van der Waals surface area contributed by atoms with E-state index in [0.29, 0.717) is 17.5 Å². The number of rotatable bonds is 5. The SMILES string of the molecule is c1cncc(-c2nc(-c3ccc(-c4ccc(-c5ccc6oc7ccccc7c6c5)c5oc6ccccc6c45)cc3)nc(-c3ccc4c(c3)oc3ccccc34)n2)c1. The molecule has 0 bridgehead atoms. The fraction of sp³-hybridized carbons (Fsp3) is 0. The summed E-state index contributed by atoms with van der Waals surface area (Å²) in [6.45, 7) is 0. The lowest BCUT2D eigenvalue weighted by atomic mass is 9.93. The molecule has 7 heteroatoms. The highest BCUT2D eigenvalue weighted by Gasteiger charge is 2.20. The van der Waals surface area contributed by atoms with Crippen LogP contribution in [0.1, 0.15) is 0 Å². The number of nitrogens with zero attached hydrogens (tertiary/aromatic N) is 4. The van der Waals surface area contributed by atoms with Crippen molar-refractivity contribution < 1.29 is 13.3 Å². The first-order valence-corrected chi connectivity index (χ1v) is 18.8. The highest BCUT2D eigenvalue weighted by Crippen LogP contribution is 2.43. The van der Waals surface area contributed by atoms with Crippen LogP contribution in [0.2, 0.25) is 0 Å². The molecule has 0 unspecified atom stereocenters. The van der Waals surface area contributed by atoms with E-state index in [-0.39, 0.29) is 0 Å². The number of hydrogen-bond acceptors (Lipinski definition) is 7. The summed E-state index contributed by atoms with van der Waals surface area (Å²) in [6.07, 6.45) is 3.52. The molecule has 0 spiro atoms. The van der Waals surface area contributed by atoms with Crippen LogP contribution in [0.15, 0.2) is 183 Å². The second-order valence-corrected chi connectivity index (χ2v) is 14.2. The van der Waals surface area contributed by atoms with Crippen LogP contribution in [0, 0.1) is 0 Å². The molecule has 0 aliphatic carbocycles. The molecule has 12 aromatic rings. The minimum Gasteiger partial charge on any atom is -0.456 e. The number of pyridine rings is 1. The first kappa shape index (κ1) is 31.5. The van der Waals surface area contributed by atoms with Crippen molar-refractivity contribution in [2.24, 2.45) is 0 Å². The fourth-order valence-electron chi connectivity index (χ4n) is 8.11. The van der Waals surface area contributed by atoms with Gasteiger partial charge < -0.3 is 13.3 Å². The fourth-order valence-corrected chi connectivity index (χ4v) is 8.11. The molecule has 0 saturated heterocycles. The van der Waals surface area contributed by atoms with E-state index in [1.165, 1.54) is 0 Å². The molecular weight excluding hydrogens is 705 g/mol. The molecule has 0 radical (unpaired) electrons. The number of benzene rings is 7. The Morgan fingerprint density at radius 1 is 0.333 bits per heavy atom. The Balaban J connectivity index is 0.976. The molecule has 5 heterocycles. The van der Waals surface area contributed by atoms with Gasteiger partial charge in [0.25, 0.3) is 0 Å². The van der Waals surface area contributed by atoms with Gasteiger partial charge in [-0.2, -0.15) is 0 Å². The Bertz CT molecular complexity index is 3530. The van der Waals surface area contributed by atoms with Crippen molar-refractivity contribution in [1.29, 1.82) is 0 Å². The van der Waals surface area contributed by atoms with Crippen molar-refractivity contribution in [2.75, 3.05) is 0 Å². The molecule has 7 aromatic carbocycles. The number of fused-ring (bicyclic) bond motifs is 9. The molecule has 0 fully saturated rings. The summed E-state index contributed by atoms with van der Waals surface area (Å²) in [6, 6.07) is 53.5. The second kappa shape index (κ2) is 12.3. The molecule has 12 rings (SSSR count). The van der Waals surface area contributed by atoms with Gasteiger partial charge >= 0.3 is 0 Å². The lowest BCUT2D eigenvalue weighted by molar-refractivity contribution is 0.668. The molecule has 0 N–H and O–H groups in total. The summed E-state index contributed by atoms with van der Waals surface area (Å²) in [7, 11) is 0. The zero-order chi connectivity index (χ0) is 37.5. The number of para-hydroxylation sites is 3. The van der Waals surface area contributed by atoms with Crippen LogP contribution in [0.3, 0.4) is 0 Å². The predicted molar refractivity (Wildman–Crippen MR) is 227 cm³/mol. The maximum Gasteiger partial charge on any atom is 0.165 e. The molecule has 266 valence electrons. The topological polar surface area (TPSA) is 91.0 Å². The first-order chi connectivity index (χ1) is 28.2. The van der Waals surface area contributed by atoms with Crippen molar-refractivity contribution in [1.82, 2.24) is 19.9 Å². The Morgan fingerprint density at radius 3 is 1.65 bits per heavy atom. The van der Waals surface area contributed by atoms with E-state index in [4.69, 9.17) is 28.2 Å². The van der Waals surface area contributed by atoms with E-state index in [9.17, 15) is 0 Å². The summed E-state index contributed by atoms with van der Waals surface area (Å²) in [4.78, 5) is 19.2. The number of hydrogen-bond donors (Lipinski definition) is 0. The molecule has 7 nitrogen and oxygen atoms in total. The summed E-state index contributed by atoms with van der Waals surface area (Å²) in [5, 5.41) is 6.42. The Morgan fingerprint density at radius 2 is 0.895 bits per heavy atom. The van der Waals surface area contributed by atoms with E-state index in [2.05, 4.69) is 89.9 Å². The van der Waals surface area contributed by atoms with Crippen LogP contribution < -0.4 is 0 Å². The minimum absolute atomic E-state index is 0.542. The zero-order valence-corrected chi connectivity index (χ0v) is 30.2. The average molecular weight is 733 g/mol. The van der Waals surface area contributed by atoms with Crippen LogP contribution in [-0.4, -0.2) is 19.9 Å². The van der Waals surface area contributed by atoms with Crippen LogP contribution in [-0.2, 0) is 0 Å². The van der Waals surface area contributed by atoms with Crippen molar-refractivity contribution in [2.45, 2.75) is 0 Å². The Kier molecular flexibility index (Phi) is 6.79. The van der Waals surface area contributed by atoms with E-state index in [0.717, 1.165) is 105 Å². The quantitative estimate of drug-likeness (QED) is 0.174. The van der Waals surface area contributed by atoms with Crippen LogP contribution >= 0.6 is 0 Å². The van der Waals surface area contributed by atoms with Gasteiger partial charge in [0.2, 0.25) is 0 Å². The highest BCUT2D eigenvalue weighted by atomic mass is 16.3. The van der Waals surface area contributed by atoms with Gasteiger partial charge in [-0.1, -0.05) is 97.1 Å². The number of aromatic nitrogens is 4. The Labute approximate surface area is 324 Å². The zero-order valence-electron chi connectivity index (χ0n) is 30.2. The minimum atomic E-state index is 0.542. The summed E-state index contributed by atoms with van der Waals surface area (Å²) >= 11 is 0. The maximum absolute atomic E-state index is 6.67. The molecule has 0 amide bonds. The van der Waals surface area contributed by atoms with E-state index >= 15 is 0 Å². The largest absolute Gasteiger partial charge is 0.456 e. The standard InChI is InChI=1S/C50H28N4O3/c1-4-12-41-36(9-1)38-21-19-32(27-45(38)56-41)49-52-48(53-50(54-49)33-8-7-25-51-28-33)30-17-15-29(16-18-30)34-22-23-35(47-46(34)39-11-3-6-14-43(39)57-47)31-20-24-44-40(26-31)37-10-2-5-13-42(37)55-44/h1-28H. The lowest BCUT2D eigenvalue weighted by Crippen LogP contribution is -2.00. The van der Waals surface area contributed by atoms with E-state index in [1.807, 2.05) is 72.8 Å². The van der Waals surface area contributed by atoms with E-state index < -0.39 is 0 Å². The van der Waals surface area contributed by atoms with Gasteiger partial charge in [-0.3, -0.25) is 4.98 Å².